The Bertz CT molecular complexity index is 863. The van der Waals surface area contributed by atoms with E-state index < -0.39 is 4.92 Å². The summed E-state index contributed by atoms with van der Waals surface area (Å²) in [7, 11) is 1.70. The molecule has 0 aliphatic carbocycles. The lowest BCUT2D eigenvalue weighted by atomic mass is 10.2. The van der Waals surface area contributed by atoms with E-state index in [2.05, 4.69) is 11.9 Å². The Balaban J connectivity index is 1.77. The molecule has 2 aromatic rings. The molecular weight excluding hydrogens is 374 g/mol. The zero-order valence-corrected chi connectivity index (χ0v) is 16.2. The average molecular weight is 397 g/mol. The third kappa shape index (κ3) is 6.76. The molecule has 0 aromatic heterocycles. The van der Waals surface area contributed by atoms with Crippen molar-refractivity contribution in [2.45, 2.75) is 13.0 Å². The molecule has 1 N–H and O–H groups in total. The SMILES string of the molecule is C=CCOc1ccc(CN(C)C(=O)CCNC(=O)c2ccc([N+](=O)[O-])cc2)cc1. The van der Waals surface area contributed by atoms with Crippen molar-refractivity contribution in [3.05, 3.63) is 82.4 Å². The van der Waals surface area contributed by atoms with Crippen molar-refractivity contribution in [1.29, 1.82) is 0 Å². The van der Waals surface area contributed by atoms with Crippen LogP contribution in [0.1, 0.15) is 22.3 Å². The largest absolute Gasteiger partial charge is 0.490 e. The van der Waals surface area contributed by atoms with Gasteiger partial charge in [0.05, 0.1) is 4.92 Å². The predicted octanol–water partition coefficient (Wildman–Crippen LogP) is 2.94. The van der Waals surface area contributed by atoms with E-state index in [1.54, 1.807) is 18.0 Å². The molecule has 152 valence electrons. The number of nitrogens with zero attached hydrogens (tertiary/aromatic N) is 2. The molecule has 2 rings (SSSR count). The highest BCUT2D eigenvalue weighted by atomic mass is 16.6. The number of nitrogens with one attached hydrogen (secondary N) is 1. The lowest BCUT2D eigenvalue weighted by molar-refractivity contribution is -0.384. The Labute approximate surface area is 168 Å². The second-order valence-corrected chi connectivity index (χ2v) is 6.30. The van der Waals surface area contributed by atoms with E-state index in [0.29, 0.717) is 18.7 Å². The summed E-state index contributed by atoms with van der Waals surface area (Å²) in [5.41, 5.74) is 1.18. The molecule has 0 aliphatic heterocycles. The van der Waals surface area contributed by atoms with Crippen LogP contribution in [0.15, 0.2) is 61.2 Å². The Morgan fingerprint density at radius 1 is 1.17 bits per heavy atom. The predicted molar refractivity (Wildman–Crippen MR) is 109 cm³/mol. The number of amides is 2. The van der Waals surface area contributed by atoms with E-state index in [4.69, 9.17) is 4.74 Å². The van der Waals surface area contributed by atoms with Gasteiger partial charge >= 0.3 is 0 Å². The second-order valence-electron chi connectivity index (χ2n) is 6.30. The van der Waals surface area contributed by atoms with Crippen molar-refractivity contribution in [3.63, 3.8) is 0 Å². The van der Waals surface area contributed by atoms with Gasteiger partial charge in [-0.15, -0.1) is 0 Å². The maximum absolute atomic E-state index is 12.3. The second kappa shape index (κ2) is 10.6. The molecule has 0 atom stereocenters. The molecule has 8 nitrogen and oxygen atoms in total. The number of benzene rings is 2. The zero-order valence-electron chi connectivity index (χ0n) is 16.2. The van der Waals surface area contributed by atoms with Crippen LogP contribution in [0.2, 0.25) is 0 Å². The van der Waals surface area contributed by atoms with Gasteiger partial charge in [-0.2, -0.15) is 0 Å². The van der Waals surface area contributed by atoms with E-state index >= 15 is 0 Å². The van der Waals surface area contributed by atoms with E-state index in [-0.39, 0.29) is 30.5 Å². The molecule has 8 heteroatoms. The first kappa shape index (κ1) is 21.6. The minimum atomic E-state index is -0.530. The number of hydrogen-bond acceptors (Lipinski definition) is 5. The number of rotatable bonds is 10. The topological polar surface area (TPSA) is 102 Å². The summed E-state index contributed by atoms with van der Waals surface area (Å²) in [4.78, 5) is 36.0. The quantitative estimate of drug-likeness (QED) is 0.377. The molecule has 0 aliphatic rings. The summed E-state index contributed by atoms with van der Waals surface area (Å²) in [6.45, 7) is 4.64. The molecule has 0 radical (unpaired) electrons. The van der Waals surface area contributed by atoms with Gasteiger partial charge in [0, 0.05) is 44.3 Å². The van der Waals surface area contributed by atoms with Crippen molar-refractivity contribution in [3.8, 4) is 5.75 Å². The van der Waals surface area contributed by atoms with Gasteiger partial charge in [-0.3, -0.25) is 19.7 Å². The van der Waals surface area contributed by atoms with Crippen molar-refractivity contribution < 1.29 is 19.2 Å². The first-order chi connectivity index (χ1) is 13.9. The highest BCUT2D eigenvalue weighted by molar-refractivity contribution is 5.94. The van der Waals surface area contributed by atoms with Gasteiger partial charge in [0.2, 0.25) is 5.91 Å². The summed E-state index contributed by atoms with van der Waals surface area (Å²) >= 11 is 0. The van der Waals surface area contributed by atoms with Crippen molar-refractivity contribution in [1.82, 2.24) is 10.2 Å². The van der Waals surface area contributed by atoms with Crippen LogP contribution >= 0.6 is 0 Å². The molecular formula is C21H23N3O5. The molecule has 0 heterocycles. The fourth-order valence-corrected chi connectivity index (χ4v) is 2.52. The molecule has 2 amide bonds. The molecule has 0 bridgehead atoms. The van der Waals surface area contributed by atoms with Crippen molar-refractivity contribution in [2.75, 3.05) is 20.2 Å². The third-order valence-corrected chi connectivity index (χ3v) is 4.10. The van der Waals surface area contributed by atoms with E-state index in [0.717, 1.165) is 11.3 Å². The Kier molecular flexibility index (Phi) is 7.90. The van der Waals surface area contributed by atoms with Gasteiger partial charge in [-0.05, 0) is 29.8 Å². The summed E-state index contributed by atoms with van der Waals surface area (Å²) in [5.74, 6) is 0.239. The molecule has 0 unspecified atom stereocenters. The lowest BCUT2D eigenvalue weighted by Crippen LogP contribution is -2.31. The maximum Gasteiger partial charge on any atom is 0.269 e. The van der Waals surface area contributed by atoms with E-state index in [9.17, 15) is 19.7 Å². The smallest absolute Gasteiger partial charge is 0.269 e. The average Bonchev–Trinajstić information content (AvgIpc) is 2.73. The van der Waals surface area contributed by atoms with Gasteiger partial charge < -0.3 is 15.0 Å². The highest BCUT2D eigenvalue weighted by Gasteiger charge is 2.12. The number of carbonyl (C=O) groups excluding carboxylic acids is 2. The number of nitro groups is 1. The van der Waals surface area contributed by atoms with Crippen LogP contribution in [0.3, 0.4) is 0 Å². The monoisotopic (exact) mass is 397 g/mol. The Morgan fingerprint density at radius 3 is 2.41 bits per heavy atom. The van der Waals surface area contributed by atoms with Crippen LogP contribution in [0, 0.1) is 10.1 Å². The molecule has 0 fully saturated rings. The van der Waals surface area contributed by atoms with Gasteiger partial charge in [0.15, 0.2) is 0 Å². The summed E-state index contributed by atoms with van der Waals surface area (Å²) < 4.78 is 5.42. The molecule has 0 spiro atoms. The summed E-state index contributed by atoms with van der Waals surface area (Å²) in [6.07, 6.45) is 1.82. The van der Waals surface area contributed by atoms with Gasteiger partial charge in [-0.25, -0.2) is 0 Å². The first-order valence-electron chi connectivity index (χ1n) is 9.00. The van der Waals surface area contributed by atoms with Crippen molar-refractivity contribution >= 4 is 17.5 Å². The normalized spacial score (nSPS) is 10.1. The lowest BCUT2D eigenvalue weighted by Gasteiger charge is -2.17. The minimum absolute atomic E-state index is 0.0846. The van der Waals surface area contributed by atoms with Gasteiger partial charge in [0.1, 0.15) is 12.4 Å². The molecule has 29 heavy (non-hydrogen) atoms. The summed E-state index contributed by atoms with van der Waals surface area (Å²) in [6, 6.07) is 12.7. The van der Waals surface area contributed by atoms with Crippen LogP contribution < -0.4 is 10.1 Å². The van der Waals surface area contributed by atoms with Crippen LogP contribution in [-0.2, 0) is 11.3 Å². The standard InChI is InChI=1S/C21H23N3O5/c1-3-14-29-19-10-4-16(5-11-19)15-23(2)20(25)12-13-22-21(26)17-6-8-18(9-7-17)24(27)28/h3-11H,1,12-15H2,2H3,(H,22,26). The van der Waals surface area contributed by atoms with Crippen LogP contribution in [-0.4, -0.2) is 41.8 Å². The summed E-state index contributed by atoms with van der Waals surface area (Å²) in [5, 5.41) is 13.3. The van der Waals surface area contributed by atoms with Crippen LogP contribution in [0.4, 0.5) is 5.69 Å². The first-order valence-corrected chi connectivity index (χ1v) is 9.00. The molecule has 0 saturated heterocycles. The third-order valence-electron chi connectivity index (χ3n) is 4.10. The van der Waals surface area contributed by atoms with E-state index in [1.807, 2.05) is 24.3 Å². The Hall–Kier alpha value is -3.68. The molecule has 2 aromatic carbocycles. The fraction of sp³-hybridized carbons (Fsp3) is 0.238. The van der Waals surface area contributed by atoms with Crippen molar-refractivity contribution in [2.24, 2.45) is 0 Å². The number of carbonyl (C=O) groups is 2. The van der Waals surface area contributed by atoms with Gasteiger partial charge in [-0.1, -0.05) is 24.8 Å². The number of hydrogen-bond donors (Lipinski definition) is 1. The van der Waals surface area contributed by atoms with Crippen LogP contribution in [0.5, 0.6) is 5.75 Å². The maximum atomic E-state index is 12.3. The number of non-ortho nitro benzene ring substituents is 1. The number of nitro benzene ring substituents is 1. The Morgan fingerprint density at radius 2 is 1.83 bits per heavy atom. The molecule has 0 saturated carbocycles. The van der Waals surface area contributed by atoms with E-state index in [1.165, 1.54) is 24.3 Å². The van der Waals surface area contributed by atoms with Gasteiger partial charge in [0.25, 0.3) is 11.6 Å². The van der Waals surface area contributed by atoms with Crippen LogP contribution in [0.25, 0.3) is 0 Å². The minimum Gasteiger partial charge on any atom is -0.490 e. The highest BCUT2D eigenvalue weighted by Crippen LogP contribution is 2.14. The number of ether oxygens (including phenoxy) is 1. The fourth-order valence-electron chi connectivity index (χ4n) is 2.52. The zero-order chi connectivity index (χ0) is 21.2.